The molecule has 2 aromatic heterocycles. The number of carboxylic acid groups (broad SMARTS) is 1. The van der Waals surface area contributed by atoms with Crippen molar-refractivity contribution in [3.8, 4) is 23.0 Å². The fourth-order valence-corrected chi connectivity index (χ4v) is 10.1. The summed E-state index contributed by atoms with van der Waals surface area (Å²) in [6.45, 7) is 14.3. The van der Waals surface area contributed by atoms with Crippen LogP contribution in [0.1, 0.15) is 11.1 Å². The normalized spacial score (nSPS) is 14.5. The lowest BCUT2D eigenvalue weighted by molar-refractivity contribution is -0.857. The number of aromatic nitrogens is 2. The number of aliphatic carboxylic acids is 1. The topological polar surface area (TPSA) is 171 Å². The molecule has 0 bridgehead atoms. The number of carboxylic acids is 1. The minimum Gasteiger partial charge on any atom is -1.00 e. The molecule has 0 atom stereocenters. The minimum atomic E-state index is -5.19. The molecular formula is C60H70Cl3F3N10O6. The van der Waals surface area contributed by atoms with E-state index in [1.807, 2.05) is 97.1 Å². The zero-order chi connectivity index (χ0) is 58.0. The maximum Gasteiger partial charge on any atom is 0.430 e. The summed E-state index contributed by atoms with van der Waals surface area (Å²) in [7, 11) is 12.1. The van der Waals surface area contributed by atoms with E-state index >= 15 is 0 Å². The van der Waals surface area contributed by atoms with Gasteiger partial charge >= 0.3 is 6.18 Å². The van der Waals surface area contributed by atoms with Crippen LogP contribution in [0, 0.1) is 0 Å². The van der Waals surface area contributed by atoms with Crippen molar-refractivity contribution >= 4 is 95.5 Å². The van der Waals surface area contributed by atoms with Gasteiger partial charge in [0.25, 0.3) is 0 Å². The highest BCUT2D eigenvalue weighted by Crippen LogP contribution is 2.39. The zero-order valence-electron chi connectivity index (χ0n) is 46.8. The molecule has 0 unspecified atom stereocenters. The van der Waals surface area contributed by atoms with Gasteiger partial charge in [-0.05, 0) is 109 Å². The number of rotatable bonds is 16. The van der Waals surface area contributed by atoms with Gasteiger partial charge in [-0.15, -0.1) is 0 Å². The Balaban J connectivity index is 0.000000209. The summed E-state index contributed by atoms with van der Waals surface area (Å²) in [5.74, 6) is -0.831. The number of alkyl halides is 3. The molecule has 2 saturated heterocycles. The third-order valence-electron chi connectivity index (χ3n) is 14.4. The molecule has 438 valence electrons. The van der Waals surface area contributed by atoms with Crippen molar-refractivity contribution in [1.29, 1.82) is 0 Å². The summed E-state index contributed by atoms with van der Waals surface area (Å²) in [5, 5.41) is 42.5. The number of hydrogen-bond acceptors (Lipinski definition) is 14. The number of benzene rings is 6. The number of phenols is 2. The number of nitrogens with one attached hydrogen (secondary N) is 4. The lowest BCUT2D eigenvalue weighted by atomic mass is 10.1. The first-order chi connectivity index (χ1) is 38.7. The standard InChI is InChI=1S/2C29H34ClN5O2.C2HF3O2.ClH/c2*1-33(2)10-11-34-12-14-35(15-13-34)19-20-16-22(5-9-28(20)36)31-29-24-7-4-21(30)17-27(24)32-26-8-6-23(37-3)18-25(26)29;3-2(4,5)1(6)7;/h2*4-9,16-18,36H,10-15,19H2,1-3H3,(H,31,32);(H,6,7);1H. The molecule has 2 aliphatic rings. The number of carbonyl (C=O) groups is 1. The molecule has 8 aromatic rings. The summed E-state index contributed by atoms with van der Waals surface area (Å²) in [6, 6.07) is 34.7. The predicted molar refractivity (Wildman–Crippen MR) is 314 cm³/mol. The van der Waals surface area contributed by atoms with Crippen LogP contribution < -0.4 is 47.4 Å². The van der Waals surface area contributed by atoms with Crippen molar-refractivity contribution < 1.29 is 65.0 Å². The maximum absolute atomic E-state index is 10.7. The fraction of sp³-hybridized carbons (Fsp3) is 0.350. The van der Waals surface area contributed by atoms with E-state index in [1.54, 1.807) is 26.4 Å². The molecule has 10 rings (SSSR count). The van der Waals surface area contributed by atoms with Gasteiger partial charge in [-0.1, -0.05) is 23.2 Å². The number of likely N-dealkylation sites (N-methyl/N-ethyl adjacent to an activating group) is 2. The van der Waals surface area contributed by atoms with Crippen molar-refractivity contribution in [2.24, 2.45) is 0 Å². The van der Waals surface area contributed by atoms with Crippen molar-refractivity contribution in [2.75, 3.05) is 132 Å². The molecule has 22 heteroatoms. The maximum atomic E-state index is 10.7. The second kappa shape index (κ2) is 28.6. The van der Waals surface area contributed by atoms with E-state index in [4.69, 9.17) is 52.5 Å². The number of aromatic hydroxyl groups is 2. The Bertz CT molecular complexity index is 3260. The van der Waals surface area contributed by atoms with Gasteiger partial charge in [0.2, 0.25) is 0 Å². The molecule has 0 amide bonds. The van der Waals surface area contributed by atoms with E-state index in [2.05, 4.69) is 58.4 Å². The van der Waals surface area contributed by atoms with Crippen LogP contribution in [0.3, 0.4) is 0 Å². The lowest BCUT2D eigenvalue weighted by Gasteiger charge is -2.34. The lowest BCUT2D eigenvalue weighted by Crippen LogP contribution is -3.06. The number of phenolic OH excluding ortho intramolecular Hbond substituents is 2. The number of fused-ring (bicyclic) bond motifs is 4. The van der Waals surface area contributed by atoms with E-state index in [9.17, 15) is 23.4 Å². The van der Waals surface area contributed by atoms with Gasteiger partial charge in [0.15, 0.2) is 0 Å². The van der Waals surface area contributed by atoms with Crippen LogP contribution in [-0.4, -0.2) is 173 Å². The first kappa shape index (κ1) is 62.9. The highest BCUT2D eigenvalue weighted by molar-refractivity contribution is 6.32. The summed E-state index contributed by atoms with van der Waals surface area (Å²) in [5.41, 5.74) is 8.86. The molecule has 0 radical (unpaired) electrons. The third-order valence-corrected chi connectivity index (χ3v) is 14.9. The van der Waals surface area contributed by atoms with Gasteiger partial charge in [-0.3, -0.25) is 19.6 Å². The van der Waals surface area contributed by atoms with Crippen LogP contribution in [0.5, 0.6) is 23.0 Å². The van der Waals surface area contributed by atoms with Crippen molar-refractivity contribution in [1.82, 2.24) is 29.6 Å². The van der Waals surface area contributed by atoms with Gasteiger partial charge in [0, 0.05) is 133 Å². The summed E-state index contributed by atoms with van der Waals surface area (Å²) < 4.78 is 42.5. The molecule has 0 spiro atoms. The van der Waals surface area contributed by atoms with Gasteiger partial charge in [-0.2, -0.15) is 13.2 Å². The van der Waals surface area contributed by atoms with Crippen LogP contribution in [0.25, 0.3) is 43.6 Å². The van der Waals surface area contributed by atoms with Crippen LogP contribution >= 0.6 is 23.2 Å². The number of ether oxygens (including phenoxy) is 2. The average Bonchev–Trinajstić information content (AvgIpc) is 3.56. The average molecular weight is 1190 g/mol. The molecule has 16 nitrogen and oxygen atoms in total. The Morgan fingerprint density at radius 3 is 1.27 bits per heavy atom. The summed E-state index contributed by atoms with van der Waals surface area (Å²) >= 11 is 12.6. The largest absolute Gasteiger partial charge is 1.00 e. The number of methoxy groups -OCH3 is 2. The van der Waals surface area contributed by atoms with Crippen molar-refractivity contribution in [3.05, 3.63) is 130 Å². The van der Waals surface area contributed by atoms with E-state index in [1.165, 1.54) is 9.80 Å². The number of anilines is 4. The van der Waals surface area contributed by atoms with Gasteiger partial charge in [0.1, 0.15) is 29.0 Å². The number of nitrogens with zero attached hydrogens (tertiary/aromatic N) is 6. The highest BCUT2D eigenvalue weighted by Gasteiger charge is 2.29. The third kappa shape index (κ3) is 16.8. The van der Waals surface area contributed by atoms with Crippen LogP contribution in [-0.2, 0) is 17.9 Å². The molecule has 6 aromatic carbocycles. The van der Waals surface area contributed by atoms with E-state index in [0.717, 1.165) is 181 Å². The number of halogens is 6. The fourth-order valence-electron chi connectivity index (χ4n) is 9.77. The van der Waals surface area contributed by atoms with Crippen LogP contribution in [0.2, 0.25) is 10.0 Å². The molecule has 0 aliphatic carbocycles. The Morgan fingerprint density at radius 2 is 0.927 bits per heavy atom. The smallest absolute Gasteiger partial charge is 0.430 e. The number of quaternary nitrogens is 2. The number of pyridine rings is 2. The Labute approximate surface area is 491 Å². The van der Waals surface area contributed by atoms with Gasteiger partial charge in [-0.25, -0.2) is 9.97 Å². The van der Waals surface area contributed by atoms with Crippen molar-refractivity contribution in [2.45, 2.75) is 19.3 Å². The number of carbonyl (C=O) groups excluding carboxylic acids is 1. The Kier molecular flexibility index (Phi) is 21.9. The zero-order valence-corrected chi connectivity index (χ0v) is 49.0. The summed E-state index contributed by atoms with van der Waals surface area (Å²) in [4.78, 5) is 31.3. The Morgan fingerprint density at radius 1 is 0.561 bits per heavy atom. The van der Waals surface area contributed by atoms with Crippen LogP contribution in [0.4, 0.5) is 35.9 Å². The highest BCUT2D eigenvalue weighted by atomic mass is 35.5. The SMILES string of the molecule is COc1ccc2nc3cc(Cl)ccc3c(Nc3ccc(O)c(CN4CCN(CC[NH+](C)C)CC4)c3)c2c1.COc1ccc2nc3cc(Cl)ccc3c(Nc3ccc(O)c(CN4CCN(CC[NH+](C)C)CC4)c3)c2c1.O=C([O-])C(F)(F)F.[Cl-]. The first-order valence-electron chi connectivity index (χ1n) is 26.8. The molecule has 82 heavy (non-hydrogen) atoms. The quantitative estimate of drug-likeness (QED) is 0.0610. The molecule has 2 fully saturated rings. The van der Waals surface area contributed by atoms with Gasteiger partial charge in [0.05, 0.1) is 88.9 Å². The van der Waals surface area contributed by atoms with E-state index in [0.29, 0.717) is 21.5 Å². The second-order valence-electron chi connectivity index (χ2n) is 20.9. The van der Waals surface area contributed by atoms with Crippen molar-refractivity contribution in [3.63, 3.8) is 0 Å². The molecular weight excluding hydrogens is 1120 g/mol. The first-order valence-corrected chi connectivity index (χ1v) is 27.6. The van der Waals surface area contributed by atoms with E-state index in [-0.39, 0.29) is 12.4 Å². The molecule has 4 heterocycles. The monoisotopic (exact) mass is 1190 g/mol. The van der Waals surface area contributed by atoms with Crippen LogP contribution in [0.15, 0.2) is 109 Å². The minimum absolute atomic E-state index is 0. The molecule has 0 saturated carbocycles. The van der Waals surface area contributed by atoms with Gasteiger partial charge < -0.3 is 62.4 Å². The number of hydrogen-bond donors (Lipinski definition) is 6. The molecule has 2 aliphatic heterocycles. The number of piperazine rings is 2. The predicted octanol–water partition coefficient (Wildman–Crippen LogP) is 3.83. The molecule has 6 N–H and O–H groups in total. The Hall–Kier alpha value is -6.65. The van der Waals surface area contributed by atoms with E-state index < -0.39 is 12.1 Å². The summed E-state index contributed by atoms with van der Waals surface area (Å²) in [6.07, 6.45) is -5.19. The second-order valence-corrected chi connectivity index (χ2v) is 21.8.